The number of piperidine rings is 1. The van der Waals surface area contributed by atoms with Crippen LogP contribution in [0, 0.1) is 12.8 Å². The molecule has 3 unspecified atom stereocenters. The second-order valence-corrected chi connectivity index (χ2v) is 6.74. The molecule has 0 radical (unpaired) electrons. The average molecular weight is 315 g/mol. The van der Waals surface area contributed by atoms with E-state index in [2.05, 4.69) is 17.6 Å². The highest BCUT2D eigenvalue weighted by atomic mass is 16.2. The Labute approximate surface area is 137 Å². The summed E-state index contributed by atoms with van der Waals surface area (Å²) in [4.78, 5) is 26.5. The highest BCUT2D eigenvalue weighted by molar-refractivity contribution is 6.00. The SMILES string of the molecule is Cc1ccc(N2CC(C(=O)NC3CCCNC3C)CC2=O)cc1. The van der Waals surface area contributed by atoms with Crippen molar-refractivity contribution in [2.45, 2.75) is 45.2 Å². The van der Waals surface area contributed by atoms with E-state index in [0.717, 1.165) is 30.6 Å². The van der Waals surface area contributed by atoms with Crippen LogP contribution < -0.4 is 15.5 Å². The lowest BCUT2D eigenvalue weighted by atomic mass is 9.98. The van der Waals surface area contributed by atoms with Gasteiger partial charge in [-0.05, 0) is 45.4 Å². The zero-order valence-corrected chi connectivity index (χ0v) is 13.8. The maximum absolute atomic E-state index is 12.5. The van der Waals surface area contributed by atoms with E-state index in [1.54, 1.807) is 4.90 Å². The predicted octanol–water partition coefficient (Wildman–Crippen LogP) is 1.60. The molecular weight excluding hydrogens is 290 g/mol. The molecule has 0 bridgehead atoms. The van der Waals surface area contributed by atoms with Crippen molar-refractivity contribution in [3.63, 3.8) is 0 Å². The molecule has 124 valence electrons. The second-order valence-electron chi connectivity index (χ2n) is 6.74. The number of aryl methyl sites for hydroxylation is 1. The molecule has 23 heavy (non-hydrogen) atoms. The Morgan fingerprint density at radius 3 is 2.74 bits per heavy atom. The lowest BCUT2D eigenvalue weighted by molar-refractivity contribution is -0.127. The van der Waals surface area contributed by atoms with Crippen molar-refractivity contribution in [2.75, 3.05) is 18.0 Å². The number of carbonyl (C=O) groups is 2. The smallest absolute Gasteiger partial charge is 0.227 e. The van der Waals surface area contributed by atoms with Crippen LogP contribution >= 0.6 is 0 Å². The topological polar surface area (TPSA) is 61.4 Å². The molecule has 2 N–H and O–H groups in total. The molecule has 1 aromatic carbocycles. The van der Waals surface area contributed by atoms with Gasteiger partial charge in [0, 0.05) is 30.7 Å². The molecule has 1 aromatic rings. The van der Waals surface area contributed by atoms with Crippen LogP contribution in [-0.4, -0.2) is 37.0 Å². The van der Waals surface area contributed by atoms with Gasteiger partial charge >= 0.3 is 0 Å². The van der Waals surface area contributed by atoms with Crippen LogP contribution in [-0.2, 0) is 9.59 Å². The summed E-state index contributed by atoms with van der Waals surface area (Å²) in [6, 6.07) is 8.33. The van der Waals surface area contributed by atoms with Crippen molar-refractivity contribution in [3.05, 3.63) is 29.8 Å². The number of benzene rings is 1. The number of nitrogens with one attached hydrogen (secondary N) is 2. The Morgan fingerprint density at radius 2 is 2.04 bits per heavy atom. The van der Waals surface area contributed by atoms with Gasteiger partial charge in [-0.25, -0.2) is 0 Å². The zero-order chi connectivity index (χ0) is 16.4. The van der Waals surface area contributed by atoms with E-state index in [1.165, 1.54) is 0 Å². The lowest BCUT2D eigenvalue weighted by Crippen LogP contribution is -2.53. The fourth-order valence-electron chi connectivity index (χ4n) is 3.40. The molecule has 0 aromatic heterocycles. The van der Waals surface area contributed by atoms with Crippen molar-refractivity contribution in [1.82, 2.24) is 10.6 Å². The number of carbonyl (C=O) groups excluding carboxylic acids is 2. The Kier molecular flexibility index (Phi) is 4.66. The third kappa shape index (κ3) is 3.55. The zero-order valence-electron chi connectivity index (χ0n) is 13.8. The van der Waals surface area contributed by atoms with Crippen LogP contribution in [0.2, 0.25) is 0 Å². The summed E-state index contributed by atoms with van der Waals surface area (Å²) in [5, 5.41) is 6.52. The first-order valence-electron chi connectivity index (χ1n) is 8.45. The number of nitrogens with zero attached hydrogens (tertiary/aromatic N) is 1. The van der Waals surface area contributed by atoms with E-state index in [1.807, 2.05) is 31.2 Å². The summed E-state index contributed by atoms with van der Waals surface area (Å²) in [5.74, 6) is -0.213. The van der Waals surface area contributed by atoms with Crippen molar-refractivity contribution in [1.29, 1.82) is 0 Å². The van der Waals surface area contributed by atoms with Crippen LogP contribution in [0.1, 0.15) is 31.7 Å². The first-order chi connectivity index (χ1) is 11.0. The summed E-state index contributed by atoms with van der Waals surface area (Å²) in [6.07, 6.45) is 2.38. The van der Waals surface area contributed by atoms with Gasteiger partial charge in [-0.3, -0.25) is 9.59 Å². The molecule has 3 rings (SSSR count). The van der Waals surface area contributed by atoms with Crippen LogP contribution in [0.3, 0.4) is 0 Å². The average Bonchev–Trinajstić information content (AvgIpc) is 2.92. The standard InChI is InChI=1S/C18H25N3O2/c1-12-5-7-15(8-6-12)21-11-14(10-17(21)22)18(23)20-16-4-3-9-19-13(16)2/h5-8,13-14,16,19H,3-4,9-11H2,1-2H3,(H,20,23). The summed E-state index contributed by atoms with van der Waals surface area (Å²) < 4.78 is 0. The minimum absolute atomic E-state index is 0.00788. The fraction of sp³-hybridized carbons (Fsp3) is 0.556. The van der Waals surface area contributed by atoms with Crippen molar-refractivity contribution < 1.29 is 9.59 Å². The lowest BCUT2D eigenvalue weighted by Gasteiger charge is -2.31. The van der Waals surface area contributed by atoms with Gasteiger partial charge in [0.2, 0.25) is 11.8 Å². The minimum Gasteiger partial charge on any atom is -0.352 e. The Morgan fingerprint density at radius 1 is 1.30 bits per heavy atom. The van der Waals surface area contributed by atoms with Crippen molar-refractivity contribution in [2.24, 2.45) is 5.92 Å². The van der Waals surface area contributed by atoms with Gasteiger partial charge in [-0.1, -0.05) is 17.7 Å². The van der Waals surface area contributed by atoms with Gasteiger partial charge in [-0.2, -0.15) is 0 Å². The summed E-state index contributed by atoms with van der Waals surface area (Å²) in [6.45, 7) is 5.60. The van der Waals surface area contributed by atoms with Crippen LogP contribution in [0.15, 0.2) is 24.3 Å². The summed E-state index contributed by atoms with van der Waals surface area (Å²) in [7, 11) is 0. The third-order valence-electron chi connectivity index (χ3n) is 4.93. The van der Waals surface area contributed by atoms with E-state index in [9.17, 15) is 9.59 Å². The molecule has 0 aliphatic carbocycles. The molecule has 2 amide bonds. The van der Waals surface area contributed by atoms with Crippen molar-refractivity contribution >= 4 is 17.5 Å². The molecule has 3 atom stereocenters. The molecule has 2 fully saturated rings. The van der Waals surface area contributed by atoms with Gasteiger partial charge in [0.25, 0.3) is 0 Å². The first kappa shape index (κ1) is 16.0. The van der Waals surface area contributed by atoms with Crippen LogP contribution in [0.4, 0.5) is 5.69 Å². The summed E-state index contributed by atoms with van der Waals surface area (Å²) >= 11 is 0. The first-order valence-corrected chi connectivity index (χ1v) is 8.45. The fourth-order valence-corrected chi connectivity index (χ4v) is 3.40. The van der Waals surface area contributed by atoms with E-state index in [0.29, 0.717) is 13.0 Å². The number of amides is 2. The normalized spacial score (nSPS) is 28.0. The monoisotopic (exact) mass is 315 g/mol. The predicted molar refractivity (Wildman–Crippen MR) is 90.3 cm³/mol. The van der Waals surface area contributed by atoms with E-state index in [4.69, 9.17) is 0 Å². The van der Waals surface area contributed by atoms with Gasteiger partial charge in [0.05, 0.1) is 5.92 Å². The highest BCUT2D eigenvalue weighted by Gasteiger charge is 2.36. The van der Waals surface area contributed by atoms with Gasteiger partial charge < -0.3 is 15.5 Å². The Hall–Kier alpha value is -1.88. The molecule has 0 saturated carbocycles. The van der Waals surface area contributed by atoms with E-state index in [-0.39, 0.29) is 29.8 Å². The molecule has 0 spiro atoms. The maximum Gasteiger partial charge on any atom is 0.227 e. The minimum atomic E-state index is -0.252. The highest BCUT2D eigenvalue weighted by Crippen LogP contribution is 2.25. The number of anilines is 1. The quantitative estimate of drug-likeness (QED) is 0.891. The van der Waals surface area contributed by atoms with Crippen molar-refractivity contribution in [3.8, 4) is 0 Å². The van der Waals surface area contributed by atoms with E-state index < -0.39 is 0 Å². The molecule has 5 heteroatoms. The van der Waals surface area contributed by atoms with E-state index >= 15 is 0 Å². The third-order valence-corrected chi connectivity index (χ3v) is 4.93. The largest absolute Gasteiger partial charge is 0.352 e. The molecule has 2 aliphatic rings. The maximum atomic E-state index is 12.5. The van der Waals surface area contributed by atoms with Gasteiger partial charge in [0.1, 0.15) is 0 Å². The van der Waals surface area contributed by atoms with Gasteiger partial charge in [0.15, 0.2) is 0 Å². The number of hydrogen-bond donors (Lipinski definition) is 2. The van der Waals surface area contributed by atoms with Gasteiger partial charge in [-0.15, -0.1) is 0 Å². The molecular formula is C18H25N3O2. The second kappa shape index (κ2) is 6.71. The van der Waals surface area contributed by atoms with Crippen LogP contribution in [0.5, 0.6) is 0 Å². The molecule has 2 aliphatic heterocycles. The molecule has 2 saturated heterocycles. The molecule has 2 heterocycles. The Balaban J connectivity index is 1.62. The Bertz CT molecular complexity index is 584. The number of hydrogen-bond acceptors (Lipinski definition) is 3. The van der Waals surface area contributed by atoms with Crippen LogP contribution in [0.25, 0.3) is 0 Å². The summed E-state index contributed by atoms with van der Waals surface area (Å²) in [5.41, 5.74) is 2.04. The molecule has 5 nitrogen and oxygen atoms in total. The number of rotatable bonds is 3.